The molecule has 0 radical (unpaired) electrons. The van der Waals surface area contributed by atoms with Gasteiger partial charge in [0.05, 0.1) is 35.9 Å². The number of anilines is 2. The molecular weight excluding hydrogens is 483 g/mol. The average Bonchev–Trinajstić information content (AvgIpc) is 3.22. The lowest BCUT2D eigenvalue weighted by molar-refractivity contribution is -0.141. The molecule has 12 nitrogen and oxygen atoms in total. The number of hydrogen-bond donors (Lipinski definition) is 3. The summed E-state index contributed by atoms with van der Waals surface area (Å²) in [5.74, 6) is 0.118. The minimum Gasteiger partial charge on any atom is -0.516 e. The topological polar surface area (TPSA) is 162 Å². The summed E-state index contributed by atoms with van der Waals surface area (Å²) < 4.78 is 22.4. The second-order valence-corrected chi connectivity index (χ2v) is 8.38. The van der Waals surface area contributed by atoms with Gasteiger partial charge in [-0.1, -0.05) is 0 Å². The number of carbonyl (C=O) groups excluding carboxylic acids is 1. The zero-order chi connectivity index (χ0) is 26.5. The summed E-state index contributed by atoms with van der Waals surface area (Å²) in [7, 11) is 1.82. The molecule has 1 aromatic carbocycles. The number of piperidine rings is 1. The van der Waals surface area contributed by atoms with Gasteiger partial charge in [0.25, 0.3) is 5.91 Å². The minimum atomic E-state index is -1.55. The molecule has 1 fully saturated rings. The number of halogens is 1. The first-order valence-corrected chi connectivity index (χ1v) is 11.4. The van der Waals surface area contributed by atoms with E-state index in [-0.39, 0.29) is 30.8 Å². The number of nitrogens with one attached hydrogen (secondary N) is 1. The molecule has 192 valence electrons. The first kappa shape index (κ1) is 25.5. The van der Waals surface area contributed by atoms with Crippen LogP contribution in [0.3, 0.4) is 0 Å². The van der Waals surface area contributed by atoms with Crippen LogP contribution in [0.25, 0.3) is 11.4 Å². The van der Waals surface area contributed by atoms with Gasteiger partial charge in [0.1, 0.15) is 24.3 Å². The Kier molecular flexibility index (Phi) is 7.59. The standard InChI is InChI=1S/C24H25FN8O4/c1-14-18(11-29-32(14)2)30-24-28-13-27-22(31-24)15-3-4-20(16(9-15)10-26)37-21-5-7-33(12-17(21)25)23(36)19(35)6-8-34/h3-4,6,8-9,11,13,17,19,21,34-35H,5,7,12H2,1-2H3,(H,27,28,30,31)/b8-6+/t17-,19?,21+/m1/s1. The highest BCUT2D eigenvalue weighted by Crippen LogP contribution is 2.28. The fourth-order valence-electron chi connectivity index (χ4n) is 3.83. The molecule has 13 heteroatoms. The average molecular weight is 509 g/mol. The summed E-state index contributed by atoms with van der Waals surface area (Å²) in [5.41, 5.74) is 2.36. The number of carbonyl (C=O) groups is 1. The fraction of sp³-hybridized carbons (Fsp3) is 0.333. The van der Waals surface area contributed by atoms with E-state index in [2.05, 4.69) is 31.4 Å². The van der Waals surface area contributed by atoms with E-state index in [0.29, 0.717) is 23.6 Å². The third-order valence-corrected chi connectivity index (χ3v) is 6.00. The zero-order valence-electron chi connectivity index (χ0n) is 20.1. The number of hydrogen-bond acceptors (Lipinski definition) is 10. The number of ether oxygens (including phenoxy) is 1. The van der Waals surface area contributed by atoms with Crippen molar-refractivity contribution in [2.75, 3.05) is 18.4 Å². The molecule has 4 rings (SSSR count). The Morgan fingerprint density at radius 1 is 1.41 bits per heavy atom. The lowest BCUT2D eigenvalue weighted by Crippen LogP contribution is -2.51. The van der Waals surface area contributed by atoms with Crippen molar-refractivity contribution in [3.63, 3.8) is 0 Å². The molecule has 0 bridgehead atoms. The molecule has 1 aliphatic rings. The summed E-state index contributed by atoms with van der Waals surface area (Å²) >= 11 is 0. The number of aryl methyl sites for hydroxylation is 1. The number of aromatic nitrogens is 5. The molecule has 2 aromatic heterocycles. The van der Waals surface area contributed by atoms with Gasteiger partial charge in [0, 0.05) is 25.6 Å². The lowest BCUT2D eigenvalue weighted by Gasteiger charge is -2.35. The van der Waals surface area contributed by atoms with Gasteiger partial charge in [0.15, 0.2) is 18.1 Å². The lowest BCUT2D eigenvalue weighted by atomic mass is 10.0. The van der Waals surface area contributed by atoms with E-state index in [1.54, 1.807) is 29.1 Å². The number of amides is 1. The van der Waals surface area contributed by atoms with Gasteiger partial charge >= 0.3 is 0 Å². The smallest absolute Gasteiger partial charge is 0.255 e. The maximum atomic E-state index is 14.8. The van der Waals surface area contributed by atoms with E-state index in [4.69, 9.17) is 9.84 Å². The largest absolute Gasteiger partial charge is 0.516 e. The first-order valence-electron chi connectivity index (χ1n) is 11.4. The Morgan fingerprint density at radius 3 is 2.89 bits per heavy atom. The minimum absolute atomic E-state index is 0.150. The molecule has 0 saturated carbocycles. The quantitative estimate of drug-likeness (QED) is 0.402. The summed E-state index contributed by atoms with van der Waals surface area (Å²) in [6, 6.07) is 6.82. The summed E-state index contributed by atoms with van der Waals surface area (Å²) in [5, 5.41) is 35.4. The Labute approximate surface area is 211 Å². The molecule has 0 spiro atoms. The van der Waals surface area contributed by atoms with Gasteiger partial charge in [-0.25, -0.2) is 14.4 Å². The van der Waals surface area contributed by atoms with Crippen LogP contribution in [0.4, 0.5) is 16.0 Å². The molecular formula is C24H25FN8O4. The van der Waals surface area contributed by atoms with Crippen molar-refractivity contribution in [2.45, 2.75) is 31.7 Å². The van der Waals surface area contributed by atoms with Crippen molar-refractivity contribution >= 4 is 17.5 Å². The molecule has 37 heavy (non-hydrogen) atoms. The molecule has 3 N–H and O–H groups in total. The molecule has 1 aliphatic heterocycles. The van der Waals surface area contributed by atoms with E-state index in [1.807, 2.05) is 14.0 Å². The van der Waals surface area contributed by atoms with Gasteiger partial charge in [-0.2, -0.15) is 15.3 Å². The van der Waals surface area contributed by atoms with Crippen molar-refractivity contribution in [3.8, 4) is 23.2 Å². The van der Waals surface area contributed by atoms with E-state index < -0.39 is 24.3 Å². The number of rotatable bonds is 7. The summed E-state index contributed by atoms with van der Waals surface area (Å²) in [4.78, 5) is 26.1. The SMILES string of the molecule is Cc1c(Nc2ncnc(-c3ccc(O[C@H]4CCN(C(=O)C(O)/C=C/O)C[C@H]4F)c(C#N)c3)n2)cnn1C. The molecule has 1 saturated heterocycles. The van der Waals surface area contributed by atoms with Crippen molar-refractivity contribution < 1.29 is 24.1 Å². The molecule has 1 unspecified atom stereocenters. The highest BCUT2D eigenvalue weighted by atomic mass is 19.1. The van der Waals surface area contributed by atoms with Crippen LogP contribution in [-0.4, -0.2) is 77.2 Å². The third kappa shape index (κ3) is 5.65. The first-order chi connectivity index (χ1) is 17.8. The number of likely N-dealkylation sites (tertiary alicyclic amines) is 1. The number of alkyl halides is 1. The van der Waals surface area contributed by atoms with Crippen LogP contribution in [0.2, 0.25) is 0 Å². The van der Waals surface area contributed by atoms with Crippen molar-refractivity contribution in [1.29, 1.82) is 5.26 Å². The molecule has 3 atom stereocenters. The number of nitrogens with zero attached hydrogens (tertiary/aromatic N) is 7. The Balaban J connectivity index is 1.46. The Bertz CT molecular complexity index is 1350. The van der Waals surface area contributed by atoms with Gasteiger partial charge in [-0.05, 0) is 31.2 Å². The van der Waals surface area contributed by atoms with Crippen molar-refractivity contribution in [1.82, 2.24) is 29.6 Å². The monoisotopic (exact) mass is 508 g/mol. The zero-order valence-corrected chi connectivity index (χ0v) is 20.1. The van der Waals surface area contributed by atoms with Crippen molar-refractivity contribution in [3.05, 3.63) is 54.3 Å². The molecule has 3 aromatic rings. The van der Waals surface area contributed by atoms with E-state index in [1.165, 1.54) is 11.2 Å². The number of nitriles is 1. The molecule has 3 heterocycles. The fourth-order valence-corrected chi connectivity index (χ4v) is 3.83. The number of benzene rings is 1. The molecule has 1 amide bonds. The molecule has 0 aliphatic carbocycles. The maximum Gasteiger partial charge on any atom is 0.255 e. The van der Waals surface area contributed by atoms with Gasteiger partial charge in [0.2, 0.25) is 5.95 Å². The van der Waals surface area contributed by atoms with E-state index in [0.717, 1.165) is 17.5 Å². The highest BCUT2D eigenvalue weighted by Gasteiger charge is 2.35. The Morgan fingerprint density at radius 2 is 2.22 bits per heavy atom. The van der Waals surface area contributed by atoms with Crippen LogP contribution in [0.15, 0.2) is 43.1 Å². The maximum absolute atomic E-state index is 14.8. The second kappa shape index (κ2) is 11.0. The summed E-state index contributed by atoms with van der Waals surface area (Å²) in [6.45, 7) is 1.77. The predicted octanol–water partition coefficient (Wildman–Crippen LogP) is 1.95. The predicted molar refractivity (Wildman–Crippen MR) is 129 cm³/mol. The van der Waals surface area contributed by atoms with Gasteiger partial charge < -0.3 is 25.2 Å². The number of aliphatic hydroxyl groups is 2. The van der Waals surface area contributed by atoms with E-state index >= 15 is 0 Å². The number of aliphatic hydroxyl groups excluding tert-OH is 2. The highest BCUT2D eigenvalue weighted by molar-refractivity contribution is 5.82. The van der Waals surface area contributed by atoms with E-state index in [9.17, 15) is 19.6 Å². The Hall–Kier alpha value is -4.57. The third-order valence-electron chi connectivity index (χ3n) is 6.00. The van der Waals surface area contributed by atoms with Crippen LogP contribution >= 0.6 is 0 Å². The van der Waals surface area contributed by atoms with Gasteiger partial charge in [-0.3, -0.25) is 9.48 Å². The van der Waals surface area contributed by atoms with Crippen LogP contribution in [0.5, 0.6) is 5.75 Å². The van der Waals surface area contributed by atoms with Crippen LogP contribution in [0, 0.1) is 18.3 Å². The van der Waals surface area contributed by atoms with Crippen LogP contribution in [0.1, 0.15) is 17.7 Å². The normalized spacial score (nSPS) is 18.4. The second-order valence-electron chi connectivity index (χ2n) is 8.38. The van der Waals surface area contributed by atoms with Crippen LogP contribution in [-0.2, 0) is 11.8 Å². The summed E-state index contributed by atoms with van der Waals surface area (Å²) in [6.07, 6.45) is 0.663. The van der Waals surface area contributed by atoms with Crippen LogP contribution < -0.4 is 10.1 Å². The van der Waals surface area contributed by atoms with Gasteiger partial charge in [-0.15, -0.1) is 0 Å². The van der Waals surface area contributed by atoms with Crippen molar-refractivity contribution in [2.24, 2.45) is 7.05 Å².